The molecule has 1 amide bonds. The van der Waals surface area contributed by atoms with Gasteiger partial charge in [0.25, 0.3) is 5.91 Å². The van der Waals surface area contributed by atoms with Crippen LogP contribution in [-0.2, 0) is 10.3 Å². The summed E-state index contributed by atoms with van der Waals surface area (Å²) in [6.07, 6.45) is 3.62. The van der Waals surface area contributed by atoms with Crippen molar-refractivity contribution in [2.24, 2.45) is 5.92 Å². The molecule has 2 unspecified atom stereocenters. The average molecular weight is 316 g/mol. The Bertz CT molecular complexity index is 554. The summed E-state index contributed by atoms with van der Waals surface area (Å²) in [6.45, 7) is 9.16. The van der Waals surface area contributed by atoms with E-state index in [9.17, 15) is 4.79 Å². The fraction of sp³-hybridized carbons (Fsp3) is 0.632. The van der Waals surface area contributed by atoms with Gasteiger partial charge in [-0.2, -0.15) is 0 Å². The second kappa shape index (κ2) is 7.02. The van der Waals surface area contributed by atoms with Gasteiger partial charge in [0.1, 0.15) is 0 Å². The van der Waals surface area contributed by atoms with Gasteiger partial charge in [0.05, 0.1) is 12.2 Å². The van der Waals surface area contributed by atoms with Gasteiger partial charge < -0.3 is 15.0 Å². The van der Waals surface area contributed by atoms with Crippen molar-refractivity contribution in [3.05, 3.63) is 35.4 Å². The maximum Gasteiger partial charge on any atom is 0.251 e. The molecular weight excluding hydrogens is 288 g/mol. The zero-order chi connectivity index (χ0) is 16.3. The van der Waals surface area contributed by atoms with Gasteiger partial charge in [0.15, 0.2) is 0 Å². The third kappa shape index (κ3) is 3.93. The highest BCUT2D eigenvalue weighted by molar-refractivity contribution is 5.94. The lowest BCUT2D eigenvalue weighted by atomic mass is 9.87. The van der Waals surface area contributed by atoms with Gasteiger partial charge >= 0.3 is 0 Å². The topological polar surface area (TPSA) is 41.6 Å². The monoisotopic (exact) mass is 316 g/mol. The van der Waals surface area contributed by atoms with Gasteiger partial charge in [-0.3, -0.25) is 4.79 Å². The zero-order valence-corrected chi connectivity index (χ0v) is 14.3. The van der Waals surface area contributed by atoms with Crippen LogP contribution in [0.3, 0.4) is 0 Å². The molecule has 0 radical (unpaired) electrons. The summed E-state index contributed by atoms with van der Waals surface area (Å²) in [7, 11) is 0. The number of hydrogen-bond acceptors (Lipinski definition) is 3. The number of hydrogen-bond donors (Lipinski definition) is 1. The molecule has 4 nitrogen and oxygen atoms in total. The number of nitrogens with zero attached hydrogens (tertiary/aromatic N) is 1. The lowest BCUT2D eigenvalue weighted by molar-refractivity contribution is -0.140. The number of carbonyl (C=O) groups excluding carboxylic acids is 1. The molecule has 0 aromatic heterocycles. The van der Waals surface area contributed by atoms with Gasteiger partial charge in [-0.25, -0.2) is 0 Å². The van der Waals surface area contributed by atoms with Gasteiger partial charge in [-0.05, 0) is 49.9 Å². The molecule has 0 spiro atoms. The van der Waals surface area contributed by atoms with E-state index in [2.05, 4.69) is 24.1 Å². The maximum absolute atomic E-state index is 12.4. The molecule has 1 aromatic carbocycles. The Morgan fingerprint density at radius 2 is 2.30 bits per heavy atom. The number of carbonyl (C=O) groups is 1. The van der Waals surface area contributed by atoms with E-state index in [0.29, 0.717) is 6.54 Å². The standard InChI is InChI=1S/C19H28N2O2/c1-15-5-4-10-21(14-15)11-9-20-18(22)16-6-3-7-17(13-16)19(2)8-12-23-19/h3,6-7,13,15H,4-5,8-12,14H2,1-2H3,(H,20,22). The molecule has 23 heavy (non-hydrogen) atoms. The van der Waals surface area contributed by atoms with Crippen molar-refractivity contribution in [2.75, 3.05) is 32.8 Å². The summed E-state index contributed by atoms with van der Waals surface area (Å²) in [4.78, 5) is 14.8. The molecule has 0 saturated carbocycles. The Balaban J connectivity index is 1.51. The van der Waals surface area contributed by atoms with Crippen LogP contribution in [-0.4, -0.2) is 43.6 Å². The first-order valence-electron chi connectivity index (χ1n) is 8.82. The third-order valence-electron chi connectivity index (χ3n) is 5.19. The highest BCUT2D eigenvalue weighted by Gasteiger charge is 2.35. The third-order valence-corrected chi connectivity index (χ3v) is 5.19. The molecule has 0 bridgehead atoms. The van der Waals surface area contributed by atoms with Crippen LogP contribution in [0.2, 0.25) is 0 Å². The van der Waals surface area contributed by atoms with E-state index in [4.69, 9.17) is 4.74 Å². The van der Waals surface area contributed by atoms with Crippen molar-refractivity contribution >= 4 is 5.91 Å². The van der Waals surface area contributed by atoms with E-state index in [1.165, 1.54) is 12.8 Å². The Morgan fingerprint density at radius 3 is 3.00 bits per heavy atom. The van der Waals surface area contributed by atoms with Gasteiger partial charge in [-0.15, -0.1) is 0 Å². The molecule has 2 aliphatic heterocycles. The number of rotatable bonds is 5. The number of nitrogens with one attached hydrogen (secondary N) is 1. The molecule has 4 heteroatoms. The van der Waals surface area contributed by atoms with E-state index in [0.717, 1.165) is 49.7 Å². The quantitative estimate of drug-likeness (QED) is 0.908. The lowest BCUT2D eigenvalue weighted by Crippen LogP contribution is -2.40. The minimum absolute atomic E-state index is 0.0137. The molecule has 2 atom stereocenters. The summed E-state index contributed by atoms with van der Waals surface area (Å²) in [5.41, 5.74) is 1.62. The molecule has 126 valence electrons. The highest BCUT2D eigenvalue weighted by atomic mass is 16.5. The van der Waals surface area contributed by atoms with Crippen molar-refractivity contribution < 1.29 is 9.53 Å². The first kappa shape index (κ1) is 16.5. The first-order valence-corrected chi connectivity index (χ1v) is 8.82. The molecule has 1 N–H and O–H groups in total. The largest absolute Gasteiger partial charge is 0.370 e. The van der Waals surface area contributed by atoms with Crippen LogP contribution in [0.15, 0.2) is 24.3 Å². The Kier molecular flexibility index (Phi) is 5.02. The molecule has 2 saturated heterocycles. The van der Waals surface area contributed by atoms with Crippen LogP contribution < -0.4 is 5.32 Å². The molecule has 0 aliphatic carbocycles. The average Bonchev–Trinajstić information content (AvgIpc) is 2.53. The maximum atomic E-state index is 12.4. The fourth-order valence-electron chi connectivity index (χ4n) is 3.54. The Labute approximate surface area is 139 Å². The van der Waals surface area contributed by atoms with Crippen LogP contribution >= 0.6 is 0 Å². The minimum atomic E-state index is -0.208. The van der Waals surface area contributed by atoms with Gasteiger partial charge in [-0.1, -0.05) is 19.1 Å². The lowest BCUT2D eigenvalue weighted by Gasteiger charge is -2.39. The highest BCUT2D eigenvalue weighted by Crippen LogP contribution is 2.36. The summed E-state index contributed by atoms with van der Waals surface area (Å²) in [5, 5.41) is 3.05. The summed E-state index contributed by atoms with van der Waals surface area (Å²) >= 11 is 0. The van der Waals surface area contributed by atoms with Gasteiger partial charge in [0.2, 0.25) is 0 Å². The van der Waals surface area contributed by atoms with Crippen molar-refractivity contribution in [3.63, 3.8) is 0 Å². The summed E-state index contributed by atoms with van der Waals surface area (Å²) in [6, 6.07) is 7.84. The van der Waals surface area contributed by atoms with Crippen LogP contribution in [0, 0.1) is 5.92 Å². The smallest absolute Gasteiger partial charge is 0.251 e. The van der Waals surface area contributed by atoms with Crippen LogP contribution in [0.25, 0.3) is 0 Å². The second-order valence-electron chi connectivity index (χ2n) is 7.21. The molecule has 3 rings (SSSR count). The van der Waals surface area contributed by atoms with Crippen molar-refractivity contribution in [1.29, 1.82) is 0 Å². The molecule has 1 aromatic rings. The van der Waals surface area contributed by atoms with E-state index in [1.807, 2.05) is 24.3 Å². The number of piperidine rings is 1. The van der Waals surface area contributed by atoms with Crippen molar-refractivity contribution in [1.82, 2.24) is 10.2 Å². The fourth-order valence-corrected chi connectivity index (χ4v) is 3.54. The predicted molar refractivity (Wildman–Crippen MR) is 91.5 cm³/mol. The number of ether oxygens (including phenoxy) is 1. The Hall–Kier alpha value is -1.39. The van der Waals surface area contributed by atoms with Crippen LogP contribution in [0.4, 0.5) is 0 Å². The number of amides is 1. The number of likely N-dealkylation sites (tertiary alicyclic amines) is 1. The Morgan fingerprint density at radius 1 is 1.48 bits per heavy atom. The van der Waals surface area contributed by atoms with E-state index >= 15 is 0 Å². The number of benzene rings is 1. The van der Waals surface area contributed by atoms with E-state index < -0.39 is 0 Å². The molecule has 2 aliphatic rings. The summed E-state index contributed by atoms with van der Waals surface area (Å²) < 4.78 is 5.67. The van der Waals surface area contributed by atoms with Gasteiger partial charge in [0, 0.05) is 31.6 Å². The normalized spacial score (nSPS) is 28.2. The van der Waals surface area contributed by atoms with Crippen molar-refractivity contribution in [3.8, 4) is 0 Å². The predicted octanol–water partition coefficient (Wildman–Crippen LogP) is 2.78. The van der Waals surface area contributed by atoms with E-state index in [-0.39, 0.29) is 11.5 Å². The molecule has 2 heterocycles. The van der Waals surface area contributed by atoms with E-state index in [1.54, 1.807) is 0 Å². The zero-order valence-electron chi connectivity index (χ0n) is 14.3. The molecular formula is C19H28N2O2. The van der Waals surface area contributed by atoms with Crippen LogP contribution in [0.1, 0.15) is 49.0 Å². The SMILES string of the molecule is CC1CCCN(CCNC(=O)c2cccc(C3(C)CCO3)c2)C1. The second-order valence-corrected chi connectivity index (χ2v) is 7.21. The molecule has 2 fully saturated rings. The summed E-state index contributed by atoms with van der Waals surface area (Å²) in [5.74, 6) is 0.791. The minimum Gasteiger partial charge on any atom is -0.370 e. The van der Waals surface area contributed by atoms with Crippen molar-refractivity contribution in [2.45, 2.75) is 38.7 Å². The first-order chi connectivity index (χ1) is 11.1. The van der Waals surface area contributed by atoms with Crippen LogP contribution in [0.5, 0.6) is 0 Å².